The van der Waals surface area contributed by atoms with Gasteiger partial charge in [0.05, 0.1) is 13.7 Å². The van der Waals surface area contributed by atoms with Crippen molar-refractivity contribution in [1.29, 1.82) is 0 Å². The molecule has 0 bridgehead atoms. The van der Waals surface area contributed by atoms with Crippen molar-refractivity contribution in [2.24, 2.45) is 0 Å². The van der Waals surface area contributed by atoms with E-state index in [0.29, 0.717) is 12.4 Å². The van der Waals surface area contributed by atoms with Gasteiger partial charge in [-0.15, -0.1) is 0 Å². The first-order valence-electron chi connectivity index (χ1n) is 4.42. The lowest BCUT2D eigenvalue weighted by Crippen LogP contribution is -2.06. The van der Waals surface area contributed by atoms with Crippen molar-refractivity contribution in [3.8, 4) is 5.75 Å². The molecule has 0 amide bonds. The predicted octanol–water partition coefficient (Wildman–Crippen LogP) is 1.81. The van der Waals surface area contributed by atoms with Crippen LogP contribution in [0.2, 0.25) is 0 Å². The summed E-state index contributed by atoms with van der Waals surface area (Å²) in [6.45, 7) is 2.15. The van der Waals surface area contributed by atoms with Crippen LogP contribution in [0.15, 0.2) is 24.3 Å². The highest BCUT2D eigenvalue weighted by Gasteiger charge is 2.08. The van der Waals surface area contributed by atoms with E-state index >= 15 is 0 Å². The quantitative estimate of drug-likeness (QED) is 0.684. The fraction of sp³-hybridized carbons (Fsp3) is 0.273. The molecule has 14 heavy (non-hydrogen) atoms. The molecule has 0 aromatic heterocycles. The van der Waals surface area contributed by atoms with Gasteiger partial charge in [0.1, 0.15) is 12.2 Å². The highest BCUT2D eigenvalue weighted by molar-refractivity contribution is 5.84. The van der Waals surface area contributed by atoms with E-state index in [1.165, 1.54) is 6.42 Å². The van der Waals surface area contributed by atoms with Crippen LogP contribution >= 0.6 is 0 Å². The van der Waals surface area contributed by atoms with Gasteiger partial charge in [-0.25, -0.2) is 0 Å². The number of hydrogen-bond donors (Lipinski definition) is 0. The topological polar surface area (TPSA) is 35.5 Å². The Hall–Kier alpha value is -1.51. The minimum Gasteiger partial charge on any atom is -0.496 e. The SMILES string of the molecule is CCOC(=O)[CH]c1ccccc1OC. The van der Waals surface area contributed by atoms with E-state index < -0.39 is 0 Å². The molecule has 0 unspecified atom stereocenters. The van der Waals surface area contributed by atoms with Crippen LogP contribution in [0.5, 0.6) is 5.75 Å². The number of rotatable bonds is 4. The molecule has 3 heteroatoms. The molecule has 0 saturated heterocycles. The smallest absolute Gasteiger partial charge is 0.314 e. The second-order valence-corrected chi connectivity index (χ2v) is 2.64. The second-order valence-electron chi connectivity index (χ2n) is 2.64. The van der Waals surface area contributed by atoms with Crippen molar-refractivity contribution in [3.63, 3.8) is 0 Å². The molecule has 0 N–H and O–H groups in total. The summed E-state index contributed by atoms with van der Waals surface area (Å²) >= 11 is 0. The van der Waals surface area contributed by atoms with Gasteiger partial charge in [0.25, 0.3) is 0 Å². The number of carbonyl (C=O) groups is 1. The van der Waals surface area contributed by atoms with Gasteiger partial charge in [-0.1, -0.05) is 18.2 Å². The number of carbonyl (C=O) groups excluding carboxylic acids is 1. The van der Waals surface area contributed by atoms with Crippen molar-refractivity contribution in [1.82, 2.24) is 0 Å². The molecule has 1 rings (SSSR count). The zero-order chi connectivity index (χ0) is 10.4. The average Bonchev–Trinajstić information content (AvgIpc) is 2.19. The Morgan fingerprint density at radius 3 is 2.79 bits per heavy atom. The van der Waals surface area contributed by atoms with Crippen molar-refractivity contribution in [2.45, 2.75) is 6.92 Å². The lowest BCUT2D eigenvalue weighted by Gasteiger charge is -2.06. The third-order valence-electron chi connectivity index (χ3n) is 1.70. The summed E-state index contributed by atoms with van der Waals surface area (Å²) in [6, 6.07) is 7.29. The highest BCUT2D eigenvalue weighted by Crippen LogP contribution is 2.19. The molecule has 0 atom stereocenters. The van der Waals surface area contributed by atoms with E-state index in [-0.39, 0.29) is 5.97 Å². The van der Waals surface area contributed by atoms with Gasteiger partial charge < -0.3 is 9.47 Å². The second kappa shape index (κ2) is 5.27. The average molecular weight is 193 g/mol. The molecule has 0 aliphatic heterocycles. The predicted molar refractivity (Wildman–Crippen MR) is 53.0 cm³/mol. The fourth-order valence-electron chi connectivity index (χ4n) is 1.10. The largest absolute Gasteiger partial charge is 0.496 e. The Labute approximate surface area is 83.6 Å². The van der Waals surface area contributed by atoms with Crippen LogP contribution in [0.25, 0.3) is 0 Å². The summed E-state index contributed by atoms with van der Waals surface area (Å²) in [5.74, 6) is 0.317. The zero-order valence-corrected chi connectivity index (χ0v) is 8.32. The number of benzene rings is 1. The molecule has 0 fully saturated rings. The van der Waals surface area contributed by atoms with Crippen molar-refractivity contribution < 1.29 is 14.3 Å². The number of para-hydroxylation sites is 1. The molecule has 0 heterocycles. The maximum absolute atomic E-state index is 11.1. The highest BCUT2D eigenvalue weighted by atomic mass is 16.5. The monoisotopic (exact) mass is 193 g/mol. The van der Waals surface area contributed by atoms with Crippen LogP contribution in [0.1, 0.15) is 12.5 Å². The fourth-order valence-corrected chi connectivity index (χ4v) is 1.10. The van der Waals surface area contributed by atoms with Crippen LogP contribution in [0.4, 0.5) is 0 Å². The molecule has 0 aliphatic rings. The van der Waals surface area contributed by atoms with E-state index in [1.807, 2.05) is 12.1 Å². The number of esters is 1. The minimum atomic E-state index is -0.350. The molecule has 0 aliphatic carbocycles. The van der Waals surface area contributed by atoms with E-state index in [2.05, 4.69) is 0 Å². The van der Waals surface area contributed by atoms with E-state index in [0.717, 1.165) is 5.56 Å². The van der Waals surface area contributed by atoms with Gasteiger partial charge in [0, 0.05) is 5.56 Å². The summed E-state index contributed by atoms with van der Waals surface area (Å²) in [5, 5.41) is 0. The zero-order valence-electron chi connectivity index (χ0n) is 8.32. The number of methoxy groups -OCH3 is 1. The number of ether oxygens (including phenoxy) is 2. The van der Waals surface area contributed by atoms with Gasteiger partial charge in [-0.3, -0.25) is 4.79 Å². The molecule has 1 radical (unpaired) electrons. The number of hydrogen-bond acceptors (Lipinski definition) is 3. The minimum absolute atomic E-state index is 0.350. The molecule has 1 aromatic carbocycles. The van der Waals surface area contributed by atoms with E-state index in [1.54, 1.807) is 26.2 Å². The molecular formula is C11H13O3. The first-order valence-corrected chi connectivity index (χ1v) is 4.42. The normalized spacial score (nSPS) is 9.57. The molecule has 1 aromatic rings. The van der Waals surface area contributed by atoms with Gasteiger partial charge in [-0.2, -0.15) is 0 Å². The lowest BCUT2D eigenvalue weighted by atomic mass is 10.1. The van der Waals surface area contributed by atoms with Crippen LogP contribution in [-0.4, -0.2) is 19.7 Å². The molecular weight excluding hydrogens is 180 g/mol. The summed E-state index contributed by atoms with van der Waals surface area (Å²) < 4.78 is 9.88. The van der Waals surface area contributed by atoms with Crippen LogP contribution in [0.3, 0.4) is 0 Å². The first-order chi connectivity index (χ1) is 6.77. The van der Waals surface area contributed by atoms with Crippen molar-refractivity contribution >= 4 is 5.97 Å². The summed E-state index contributed by atoms with van der Waals surface area (Å²) in [6.07, 6.45) is 1.42. The molecule has 75 valence electrons. The van der Waals surface area contributed by atoms with Crippen LogP contribution < -0.4 is 4.74 Å². The Kier molecular flexibility index (Phi) is 3.98. The lowest BCUT2D eigenvalue weighted by molar-refractivity contribution is -0.138. The van der Waals surface area contributed by atoms with E-state index in [4.69, 9.17) is 9.47 Å². The summed E-state index contributed by atoms with van der Waals surface area (Å²) in [5.41, 5.74) is 0.730. The van der Waals surface area contributed by atoms with Crippen LogP contribution in [-0.2, 0) is 9.53 Å². The van der Waals surface area contributed by atoms with Gasteiger partial charge in [-0.05, 0) is 13.0 Å². The summed E-state index contributed by atoms with van der Waals surface area (Å²) in [7, 11) is 1.57. The Bertz CT molecular complexity index is 307. The molecule has 0 saturated carbocycles. The molecule has 3 nitrogen and oxygen atoms in total. The standard InChI is InChI=1S/C11H13O3/c1-3-14-11(12)8-9-6-4-5-7-10(9)13-2/h4-8H,3H2,1-2H3. The Balaban J connectivity index is 2.70. The van der Waals surface area contributed by atoms with Gasteiger partial charge in [0.15, 0.2) is 0 Å². The van der Waals surface area contributed by atoms with Crippen LogP contribution in [0, 0.1) is 6.42 Å². The maximum atomic E-state index is 11.1. The van der Waals surface area contributed by atoms with Gasteiger partial charge >= 0.3 is 5.97 Å². The maximum Gasteiger partial charge on any atom is 0.314 e. The van der Waals surface area contributed by atoms with E-state index in [9.17, 15) is 4.79 Å². The Morgan fingerprint density at radius 2 is 2.14 bits per heavy atom. The third-order valence-corrected chi connectivity index (χ3v) is 1.70. The first kappa shape index (κ1) is 10.6. The summed E-state index contributed by atoms with van der Waals surface area (Å²) in [4.78, 5) is 11.1. The van der Waals surface area contributed by atoms with Crippen molar-refractivity contribution in [3.05, 3.63) is 36.2 Å². The third kappa shape index (κ3) is 2.76. The Morgan fingerprint density at radius 1 is 1.43 bits per heavy atom. The van der Waals surface area contributed by atoms with Crippen molar-refractivity contribution in [2.75, 3.05) is 13.7 Å². The molecule has 0 spiro atoms. The van der Waals surface area contributed by atoms with Gasteiger partial charge in [0.2, 0.25) is 0 Å².